The van der Waals surface area contributed by atoms with Crippen molar-refractivity contribution in [1.29, 1.82) is 0 Å². The topological polar surface area (TPSA) is 50.7 Å². The minimum atomic E-state index is 0.816. The predicted octanol–water partition coefficient (Wildman–Crippen LogP) is 3.60. The van der Waals surface area contributed by atoms with Gasteiger partial charge >= 0.3 is 0 Å². The summed E-state index contributed by atoms with van der Waals surface area (Å²) >= 11 is 0. The number of fused-ring (bicyclic) bond motifs is 1. The zero-order chi connectivity index (χ0) is 14.8. The standard InChI is InChI=1S/C17H18N4/c1-4-16-20-15(10-17(18-3)21-16)13-7-8-14-12(9-13)6-5-11(2)19-14/h5-10H,4H2,1-3H3,(H,18,20,21). The van der Waals surface area contributed by atoms with E-state index in [-0.39, 0.29) is 0 Å². The van der Waals surface area contributed by atoms with E-state index in [1.165, 1.54) is 0 Å². The van der Waals surface area contributed by atoms with Crippen molar-refractivity contribution in [2.75, 3.05) is 12.4 Å². The first kappa shape index (κ1) is 13.5. The lowest BCUT2D eigenvalue weighted by molar-refractivity contribution is 0.945. The van der Waals surface area contributed by atoms with Gasteiger partial charge in [0.05, 0.1) is 11.2 Å². The van der Waals surface area contributed by atoms with Crippen molar-refractivity contribution in [2.24, 2.45) is 0 Å². The van der Waals surface area contributed by atoms with Gasteiger partial charge in [-0.05, 0) is 25.1 Å². The first-order valence-corrected chi connectivity index (χ1v) is 7.13. The molecule has 0 spiro atoms. The van der Waals surface area contributed by atoms with Crippen molar-refractivity contribution >= 4 is 16.7 Å². The van der Waals surface area contributed by atoms with E-state index in [1.807, 2.05) is 32.2 Å². The fourth-order valence-corrected chi connectivity index (χ4v) is 2.32. The normalized spacial score (nSPS) is 10.8. The lowest BCUT2D eigenvalue weighted by Gasteiger charge is -2.08. The van der Waals surface area contributed by atoms with Crippen molar-refractivity contribution in [3.63, 3.8) is 0 Å². The van der Waals surface area contributed by atoms with Crippen LogP contribution >= 0.6 is 0 Å². The minimum Gasteiger partial charge on any atom is -0.373 e. The summed E-state index contributed by atoms with van der Waals surface area (Å²) in [5.74, 6) is 1.69. The molecule has 0 amide bonds. The number of aromatic nitrogens is 3. The van der Waals surface area contributed by atoms with E-state index < -0.39 is 0 Å². The number of aryl methyl sites for hydroxylation is 2. The third-order valence-electron chi connectivity index (χ3n) is 3.47. The first-order valence-electron chi connectivity index (χ1n) is 7.13. The van der Waals surface area contributed by atoms with Gasteiger partial charge in [-0.2, -0.15) is 0 Å². The van der Waals surface area contributed by atoms with Crippen molar-refractivity contribution in [1.82, 2.24) is 15.0 Å². The average Bonchev–Trinajstić information content (AvgIpc) is 2.53. The molecule has 4 nitrogen and oxygen atoms in total. The summed E-state index contributed by atoms with van der Waals surface area (Å²) in [6.45, 7) is 4.07. The number of hydrogen-bond acceptors (Lipinski definition) is 4. The van der Waals surface area contributed by atoms with E-state index in [2.05, 4.69) is 45.4 Å². The van der Waals surface area contributed by atoms with Gasteiger partial charge in [-0.1, -0.05) is 19.1 Å². The van der Waals surface area contributed by atoms with E-state index in [0.29, 0.717) is 0 Å². The van der Waals surface area contributed by atoms with Crippen molar-refractivity contribution in [3.8, 4) is 11.3 Å². The number of nitrogens with zero attached hydrogens (tertiary/aromatic N) is 3. The van der Waals surface area contributed by atoms with E-state index in [9.17, 15) is 0 Å². The Balaban J connectivity index is 2.13. The molecule has 4 heteroatoms. The Morgan fingerprint density at radius 1 is 1.00 bits per heavy atom. The zero-order valence-corrected chi connectivity index (χ0v) is 12.5. The molecule has 0 atom stereocenters. The number of rotatable bonds is 3. The van der Waals surface area contributed by atoms with Crippen LogP contribution in [0, 0.1) is 6.92 Å². The maximum absolute atomic E-state index is 4.62. The van der Waals surface area contributed by atoms with Gasteiger partial charge in [-0.25, -0.2) is 9.97 Å². The van der Waals surface area contributed by atoms with Crippen LogP contribution < -0.4 is 5.32 Å². The highest BCUT2D eigenvalue weighted by molar-refractivity contribution is 5.84. The van der Waals surface area contributed by atoms with Gasteiger partial charge in [0.2, 0.25) is 0 Å². The second-order valence-electron chi connectivity index (χ2n) is 5.02. The van der Waals surface area contributed by atoms with Crippen LogP contribution in [0.2, 0.25) is 0 Å². The molecule has 1 aromatic carbocycles. The number of benzene rings is 1. The predicted molar refractivity (Wildman–Crippen MR) is 86.4 cm³/mol. The van der Waals surface area contributed by atoms with Crippen molar-refractivity contribution in [3.05, 3.63) is 47.9 Å². The molecule has 3 aromatic rings. The second-order valence-corrected chi connectivity index (χ2v) is 5.02. The highest BCUT2D eigenvalue weighted by Gasteiger charge is 2.06. The molecule has 0 fully saturated rings. The van der Waals surface area contributed by atoms with E-state index in [4.69, 9.17) is 0 Å². The van der Waals surface area contributed by atoms with Gasteiger partial charge in [0.25, 0.3) is 0 Å². The van der Waals surface area contributed by atoms with Gasteiger partial charge in [-0.15, -0.1) is 0 Å². The molecular weight excluding hydrogens is 260 g/mol. The van der Waals surface area contributed by atoms with Crippen molar-refractivity contribution < 1.29 is 0 Å². The van der Waals surface area contributed by atoms with E-state index >= 15 is 0 Å². The molecule has 0 aliphatic rings. The molecule has 0 bridgehead atoms. The summed E-state index contributed by atoms with van der Waals surface area (Å²) in [7, 11) is 1.87. The molecule has 0 aliphatic carbocycles. The molecule has 3 rings (SSSR count). The minimum absolute atomic E-state index is 0.816. The number of pyridine rings is 1. The Morgan fingerprint density at radius 3 is 2.62 bits per heavy atom. The van der Waals surface area contributed by atoms with Crippen LogP contribution in [0.3, 0.4) is 0 Å². The molecule has 106 valence electrons. The molecule has 21 heavy (non-hydrogen) atoms. The lowest BCUT2D eigenvalue weighted by Crippen LogP contribution is -2.00. The fraction of sp³-hybridized carbons (Fsp3) is 0.235. The van der Waals surface area contributed by atoms with Crippen LogP contribution in [0.15, 0.2) is 36.4 Å². The lowest BCUT2D eigenvalue weighted by atomic mass is 10.1. The molecule has 0 saturated heterocycles. The molecule has 2 aromatic heterocycles. The largest absolute Gasteiger partial charge is 0.373 e. The first-order chi connectivity index (χ1) is 10.2. The van der Waals surface area contributed by atoms with Crippen LogP contribution in [-0.2, 0) is 6.42 Å². The Morgan fingerprint density at radius 2 is 1.86 bits per heavy atom. The third-order valence-corrected chi connectivity index (χ3v) is 3.47. The zero-order valence-electron chi connectivity index (χ0n) is 12.5. The Kier molecular flexibility index (Phi) is 3.52. The second kappa shape index (κ2) is 5.48. The van der Waals surface area contributed by atoms with E-state index in [1.54, 1.807) is 0 Å². The van der Waals surface area contributed by atoms with Crippen LogP contribution in [-0.4, -0.2) is 22.0 Å². The van der Waals surface area contributed by atoms with Gasteiger partial charge in [0.15, 0.2) is 0 Å². The molecule has 0 unspecified atom stereocenters. The summed E-state index contributed by atoms with van der Waals surface area (Å²) in [6.07, 6.45) is 0.816. The molecule has 1 N–H and O–H groups in total. The summed E-state index contributed by atoms with van der Waals surface area (Å²) in [5.41, 5.74) is 4.07. The monoisotopic (exact) mass is 278 g/mol. The van der Waals surface area contributed by atoms with Crippen LogP contribution in [0.4, 0.5) is 5.82 Å². The fourth-order valence-electron chi connectivity index (χ4n) is 2.32. The maximum Gasteiger partial charge on any atom is 0.131 e. The van der Waals surface area contributed by atoms with Crippen LogP contribution in [0.5, 0.6) is 0 Å². The molecule has 0 aliphatic heterocycles. The summed E-state index contributed by atoms with van der Waals surface area (Å²) in [6, 6.07) is 12.3. The Hall–Kier alpha value is -2.49. The molecule has 0 saturated carbocycles. The molecular formula is C17H18N4. The summed E-state index contributed by atoms with van der Waals surface area (Å²) in [5, 5.41) is 4.22. The number of hydrogen-bond donors (Lipinski definition) is 1. The highest BCUT2D eigenvalue weighted by Crippen LogP contribution is 2.24. The van der Waals surface area contributed by atoms with Crippen LogP contribution in [0.1, 0.15) is 18.4 Å². The Labute approximate surface area is 124 Å². The van der Waals surface area contributed by atoms with E-state index in [0.717, 1.165) is 45.9 Å². The molecule has 2 heterocycles. The third kappa shape index (κ3) is 2.70. The van der Waals surface area contributed by atoms with Gasteiger partial charge < -0.3 is 5.32 Å². The summed E-state index contributed by atoms with van der Waals surface area (Å²) in [4.78, 5) is 13.6. The summed E-state index contributed by atoms with van der Waals surface area (Å²) < 4.78 is 0. The number of anilines is 1. The average molecular weight is 278 g/mol. The van der Waals surface area contributed by atoms with Crippen LogP contribution in [0.25, 0.3) is 22.2 Å². The number of nitrogens with one attached hydrogen (secondary N) is 1. The molecule has 0 radical (unpaired) electrons. The van der Waals surface area contributed by atoms with Gasteiger partial charge in [-0.3, -0.25) is 4.98 Å². The van der Waals surface area contributed by atoms with Crippen molar-refractivity contribution in [2.45, 2.75) is 20.3 Å². The van der Waals surface area contributed by atoms with Gasteiger partial charge in [0, 0.05) is 36.2 Å². The van der Waals surface area contributed by atoms with Gasteiger partial charge in [0.1, 0.15) is 11.6 Å². The SMILES string of the molecule is CCc1nc(NC)cc(-c2ccc3nc(C)ccc3c2)n1. The highest BCUT2D eigenvalue weighted by atomic mass is 15.0. The quantitative estimate of drug-likeness (QED) is 0.795. The smallest absolute Gasteiger partial charge is 0.131 e. The maximum atomic E-state index is 4.62. The Bertz CT molecular complexity index is 774.